The van der Waals surface area contributed by atoms with Crippen LogP contribution in [0.15, 0.2) is 0 Å². The Kier molecular flexibility index (Phi) is 5.11. The highest BCUT2D eigenvalue weighted by atomic mass is 32.2. The minimum Gasteiger partial charge on any atom is -0.479 e. The topological polar surface area (TPSA) is 66.4 Å². The molecule has 0 radical (unpaired) electrons. The lowest BCUT2D eigenvalue weighted by atomic mass is 9.96. The third-order valence-corrected chi connectivity index (χ3v) is 4.25. The molecule has 0 saturated carbocycles. The molecule has 0 aromatic heterocycles. The van der Waals surface area contributed by atoms with E-state index >= 15 is 0 Å². The van der Waals surface area contributed by atoms with E-state index in [0.29, 0.717) is 6.92 Å². The number of amides is 1. The standard InChI is InChI=1S/C11H16F3NO3S/c1-10(9(17)18,11(12,13)14)15-8(16)6-7-2-4-19-5-3-7/h7H,2-6H2,1H3,(H,15,16)(H,17,18). The summed E-state index contributed by atoms with van der Waals surface area (Å²) in [7, 11) is 0. The second-order valence-electron chi connectivity index (χ2n) is 4.74. The maximum atomic E-state index is 12.7. The summed E-state index contributed by atoms with van der Waals surface area (Å²) in [5.74, 6) is -1.17. The van der Waals surface area contributed by atoms with Crippen LogP contribution in [-0.4, -0.2) is 40.2 Å². The van der Waals surface area contributed by atoms with Gasteiger partial charge in [0.1, 0.15) is 0 Å². The van der Waals surface area contributed by atoms with Crippen molar-refractivity contribution < 1.29 is 27.9 Å². The van der Waals surface area contributed by atoms with Gasteiger partial charge in [0.2, 0.25) is 11.4 Å². The first-order chi connectivity index (χ1) is 8.67. The number of halogens is 3. The van der Waals surface area contributed by atoms with Crippen LogP contribution in [0.1, 0.15) is 26.2 Å². The summed E-state index contributed by atoms with van der Waals surface area (Å²) in [5.41, 5.74) is -3.23. The quantitative estimate of drug-likeness (QED) is 0.833. The highest BCUT2D eigenvalue weighted by molar-refractivity contribution is 7.99. The van der Waals surface area contributed by atoms with Crippen LogP contribution >= 0.6 is 11.8 Å². The predicted octanol–water partition coefficient (Wildman–Crippen LogP) is 2.04. The molecule has 1 aliphatic rings. The van der Waals surface area contributed by atoms with Gasteiger partial charge in [0.25, 0.3) is 0 Å². The highest BCUT2D eigenvalue weighted by Gasteiger charge is 2.58. The van der Waals surface area contributed by atoms with Gasteiger partial charge < -0.3 is 10.4 Å². The van der Waals surface area contributed by atoms with Crippen molar-refractivity contribution in [2.45, 2.75) is 37.9 Å². The van der Waals surface area contributed by atoms with Crippen molar-refractivity contribution in [2.24, 2.45) is 5.92 Å². The number of aliphatic carboxylic acids is 1. The van der Waals surface area contributed by atoms with E-state index in [0.717, 1.165) is 24.3 Å². The van der Waals surface area contributed by atoms with E-state index in [9.17, 15) is 22.8 Å². The van der Waals surface area contributed by atoms with Crippen molar-refractivity contribution in [3.05, 3.63) is 0 Å². The van der Waals surface area contributed by atoms with E-state index in [4.69, 9.17) is 5.11 Å². The number of hydrogen-bond acceptors (Lipinski definition) is 3. The number of carbonyl (C=O) groups is 2. The van der Waals surface area contributed by atoms with Crippen molar-refractivity contribution >= 4 is 23.6 Å². The number of hydrogen-bond donors (Lipinski definition) is 2. The maximum Gasteiger partial charge on any atom is 0.422 e. The van der Waals surface area contributed by atoms with E-state index in [1.165, 1.54) is 0 Å². The summed E-state index contributed by atoms with van der Waals surface area (Å²) < 4.78 is 38.1. The fourth-order valence-electron chi connectivity index (χ4n) is 1.79. The van der Waals surface area contributed by atoms with Crippen molar-refractivity contribution in [1.82, 2.24) is 5.32 Å². The lowest BCUT2D eigenvalue weighted by Crippen LogP contribution is -2.62. The normalized spacial score (nSPS) is 20.6. The Morgan fingerprint density at radius 2 is 1.84 bits per heavy atom. The smallest absolute Gasteiger partial charge is 0.422 e. The first-order valence-corrected chi connectivity index (χ1v) is 7.01. The molecule has 4 nitrogen and oxygen atoms in total. The zero-order valence-corrected chi connectivity index (χ0v) is 11.2. The lowest BCUT2D eigenvalue weighted by molar-refractivity contribution is -0.207. The van der Waals surface area contributed by atoms with Crippen LogP contribution in [0.2, 0.25) is 0 Å². The van der Waals surface area contributed by atoms with Gasteiger partial charge in [-0.15, -0.1) is 0 Å². The van der Waals surface area contributed by atoms with Gasteiger partial charge in [-0.1, -0.05) is 0 Å². The number of carboxylic acid groups (broad SMARTS) is 1. The van der Waals surface area contributed by atoms with Crippen molar-refractivity contribution in [1.29, 1.82) is 0 Å². The molecule has 1 saturated heterocycles. The molecule has 8 heteroatoms. The number of thioether (sulfide) groups is 1. The molecule has 0 aromatic carbocycles. The first-order valence-electron chi connectivity index (χ1n) is 5.85. The minimum atomic E-state index is -5.03. The molecule has 2 N–H and O–H groups in total. The summed E-state index contributed by atoms with van der Waals surface area (Å²) in [5, 5.41) is 10.3. The number of carbonyl (C=O) groups excluding carboxylic acids is 1. The third kappa shape index (κ3) is 4.02. The van der Waals surface area contributed by atoms with Gasteiger partial charge in [-0.2, -0.15) is 24.9 Å². The van der Waals surface area contributed by atoms with E-state index in [-0.39, 0.29) is 12.3 Å². The third-order valence-electron chi connectivity index (χ3n) is 3.20. The monoisotopic (exact) mass is 299 g/mol. The molecule has 0 spiro atoms. The summed E-state index contributed by atoms with van der Waals surface area (Å²) >= 11 is 1.74. The van der Waals surface area contributed by atoms with Crippen molar-refractivity contribution in [3.8, 4) is 0 Å². The number of alkyl halides is 3. The first kappa shape index (κ1) is 16.1. The molecule has 1 unspecified atom stereocenters. The SMILES string of the molecule is CC(NC(=O)CC1CCSCC1)(C(=O)O)C(F)(F)F. The average Bonchev–Trinajstić information content (AvgIpc) is 2.28. The maximum absolute atomic E-state index is 12.7. The molecule has 1 aliphatic heterocycles. The second-order valence-corrected chi connectivity index (χ2v) is 5.96. The molecular formula is C11H16F3NO3S. The summed E-state index contributed by atoms with van der Waals surface area (Å²) in [4.78, 5) is 22.4. The minimum absolute atomic E-state index is 0.0347. The molecular weight excluding hydrogens is 283 g/mol. The van der Waals surface area contributed by atoms with Crippen LogP contribution in [0, 0.1) is 5.92 Å². The van der Waals surface area contributed by atoms with Gasteiger partial charge in [-0.05, 0) is 37.2 Å². The molecule has 1 heterocycles. The Bertz CT molecular complexity index is 356. The zero-order valence-electron chi connectivity index (χ0n) is 10.4. The molecule has 110 valence electrons. The van der Waals surface area contributed by atoms with Crippen LogP contribution in [-0.2, 0) is 9.59 Å². The Morgan fingerprint density at radius 3 is 2.26 bits per heavy atom. The summed E-state index contributed by atoms with van der Waals surface area (Å²) in [6.45, 7) is 0.462. The van der Waals surface area contributed by atoms with Gasteiger partial charge in [0, 0.05) is 6.42 Å². The van der Waals surface area contributed by atoms with Gasteiger partial charge in [-0.25, -0.2) is 4.79 Å². The second kappa shape index (κ2) is 6.02. The molecule has 19 heavy (non-hydrogen) atoms. The van der Waals surface area contributed by atoms with E-state index in [1.54, 1.807) is 17.1 Å². The largest absolute Gasteiger partial charge is 0.479 e. The van der Waals surface area contributed by atoms with Crippen LogP contribution in [0.25, 0.3) is 0 Å². The number of rotatable bonds is 4. The fourth-order valence-corrected chi connectivity index (χ4v) is 2.99. The molecule has 0 aliphatic carbocycles. The van der Waals surface area contributed by atoms with E-state index in [2.05, 4.69) is 0 Å². The van der Waals surface area contributed by atoms with E-state index in [1.807, 2.05) is 0 Å². The van der Waals surface area contributed by atoms with Crippen LogP contribution in [0.4, 0.5) is 13.2 Å². The summed E-state index contributed by atoms with van der Waals surface area (Å²) in [6.07, 6.45) is -3.54. The van der Waals surface area contributed by atoms with E-state index < -0.39 is 23.6 Å². The molecule has 0 aromatic rings. The van der Waals surface area contributed by atoms with Crippen LogP contribution in [0.5, 0.6) is 0 Å². The summed E-state index contributed by atoms with van der Waals surface area (Å²) in [6, 6.07) is 0. The lowest BCUT2D eigenvalue weighted by Gasteiger charge is -2.29. The number of carboxylic acids is 1. The number of nitrogens with one attached hydrogen (secondary N) is 1. The Labute approximate surface area is 113 Å². The van der Waals surface area contributed by atoms with Gasteiger partial charge in [-0.3, -0.25) is 4.79 Å². The Hall–Kier alpha value is -0.920. The predicted molar refractivity (Wildman–Crippen MR) is 64.9 cm³/mol. The molecule has 1 fully saturated rings. The van der Waals surface area contributed by atoms with Crippen LogP contribution < -0.4 is 5.32 Å². The molecule has 1 amide bonds. The average molecular weight is 299 g/mol. The van der Waals surface area contributed by atoms with Crippen molar-refractivity contribution in [2.75, 3.05) is 11.5 Å². The Morgan fingerprint density at radius 1 is 1.32 bits per heavy atom. The fraction of sp³-hybridized carbons (Fsp3) is 0.818. The molecule has 1 rings (SSSR count). The highest BCUT2D eigenvalue weighted by Crippen LogP contribution is 2.31. The van der Waals surface area contributed by atoms with Gasteiger partial charge >= 0.3 is 12.1 Å². The van der Waals surface area contributed by atoms with Gasteiger partial charge in [0.15, 0.2) is 0 Å². The Balaban J connectivity index is 2.64. The van der Waals surface area contributed by atoms with Crippen LogP contribution in [0.3, 0.4) is 0 Å². The molecule has 1 atom stereocenters. The molecule has 0 bridgehead atoms. The van der Waals surface area contributed by atoms with Gasteiger partial charge in [0.05, 0.1) is 0 Å². The zero-order chi connectivity index (χ0) is 14.7. The van der Waals surface area contributed by atoms with Crippen molar-refractivity contribution in [3.63, 3.8) is 0 Å².